The zero-order chi connectivity index (χ0) is 19.8. The predicted molar refractivity (Wildman–Crippen MR) is 116 cm³/mol. The van der Waals surface area contributed by atoms with Gasteiger partial charge in [-0.15, -0.1) is 11.3 Å². The van der Waals surface area contributed by atoms with E-state index in [2.05, 4.69) is 22.1 Å². The van der Waals surface area contributed by atoms with Gasteiger partial charge in [-0.3, -0.25) is 4.79 Å². The van der Waals surface area contributed by atoms with Crippen LogP contribution >= 0.6 is 11.3 Å². The number of aryl methyl sites for hydroxylation is 1. The van der Waals surface area contributed by atoms with E-state index >= 15 is 0 Å². The van der Waals surface area contributed by atoms with Gasteiger partial charge in [0.2, 0.25) is 5.91 Å². The number of nitrogens with one attached hydrogen (secondary N) is 1. The van der Waals surface area contributed by atoms with Crippen LogP contribution in [0.5, 0.6) is 0 Å². The minimum atomic E-state index is 0.00908. The average Bonchev–Trinajstić information content (AvgIpc) is 3.46. The first kappa shape index (κ1) is 18.1. The highest BCUT2D eigenvalue weighted by molar-refractivity contribution is 7.15. The third-order valence-corrected chi connectivity index (χ3v) is 6.52. The maximum absolute atomic E-state index is 13.3. The van der Waals surface area contributed by atoms with Gasteiger partial charge < -0.3 is 9.88 Å². The topological polar surface area (TPSA) is 61.9 Å². The average molecular weight is 403 g/mol. The molecule has 1 fully saturated rings. The summed E-state index contributed by atoms with van der Waals surface area (Å²) < 4.78 is 0. The number of carbonyl (C=O) groups is 1. The molecule has 29 heavy (non-hydrogen) atoms. The Hall–Kier alpha value is -2.99. The molecule has 146 valence electrons. The van der Waals surface area contributed by atoms with Gasteiger partial charge in [-0.25, -0.2) is 9.97 Å². The van der Waals surface area contributed by atoms with E-state index in [1.165, 1.54) is 0 Å². The molecule has 1 unspecified atom stereocenters. The number of hydrogen-bond donors (Lipinski definition) is 1. The molecule has 1 aliphatic heterocycles. The van der Waals surface area contributed by atoms with Crippen molar-refractivity contribution in [2.45, 2.75) is 32.2 Å². The highest BCUT2D eigenvalue weighted by Crippen LogP contribution is 2.34. The van der Waals surface area contributed by atoms with Gasteiger partial charge in [0.25, 0.3) is 0 Å². The summed E-state index contributed by atoms with van der Waals surface area (Å²) in [5.41, 5.74) is 3.96. The minimum absolute atomic E-state index is 0.00908. The number of amides is 1. The molecule has 1 atom stereocenters. The van der Waals surface area contributed by atoms with Crippen molar-refractivity contribution in [2.24, 2.45) is 0 Å². The number of likely N-dealkylation sites (tertiary alicyclic amines) is 1. The number of hydrogen-bond acceptors (Lipinski definition) is 4. The number of aromatic amines is 1. The van der Waals surface area contributed by atoms with Gasteiger partial charge in [-0.2, -0.15) is 0 Å². The molecule has 0 bridgehead atoms. The summed E-state index contributed by atoms with van der Waals surface area (Å²) >= 11 is 1.65. The van der Waals surface area contributed by atoms with Crippen molar-refractivity contribution in [2.75, 3.05) is 6.54 Å². The van der Waals surface area contributed by atoms with Gasteiger partial charge in [0.05, 0.1) is 39.1 Å². The lowest BCUT2D eigenvalue weighted by molar-refractivity contribution is -0.131. The molecule has 0 saturated carbocycles. The van der Waals surface area contributed by atoms with Crippen LogP contribution in [0.15, 0.2) is 54.6 Å². The number of benzene rings is 2. The number of imidazole rings is 1. The number of rotatable bonds is 4. The van der Waals surface area contributed by atoms with E-state index in [1.54, 1.807) is 11.3 Å². The summed E-state index contributed by atoms with van der Waals surface area (Å²) in [4.78, 5) is 29.2. The normalized spacial score (nSPS) is 16.6. The van der Waals surface area contributed by atoms with Crippen molar-refractivity contribution in [1.29, 1.82) is 0 Å². The maximum Gasteiger partial charge on any atom is 0.229 e. The van der Waals surface area contributed by atoms with E-state index in [9.17, 15) is 4.79 Å². The van der Waals surface area contributed by atoms with Gasteiger partial charge >= 0.3 is 0 Å². The molecule has 3 heterocycles. The molecular weight excluding hydrogens is 380 g/mol. The molecular formula is C23H22N4OS. The molecule has 5 rings (SSSR count). The monoisotopic (exact) mass is 402 g/mol. The standard InChI is InChI=1S/C23H22N4OS/c1-15-24-19(22(29-15)16-8-3-2-4-9-16)14-21(28)27-13-7-12-20(27)23-25-17-10-5-6-11-18(17)26-23/h2-6,8-11,20H,7,12-14H2,1H3,(H,25,26). The van der Waals surface area contributed by atoms with Crippen LogP contribution in [0.1, 0.15) is 35.4 Å². The molecule has 0 radical (unpaired) electrons. The van der Waals surface area contributed by atoms with Gasteiger partial charge in [0, 0.05) is 6.54 Å². The van der Waals surface area contributed by atoms with Crippen molar-refractivity contribution >= 4 is 28.3 Å². The van der Waals surface area contributed by atoms with E-state index < -0.39 is 0 Å². The van der Waals surface area contributed by atoms with Crippen LogP contribution in [-0.4, -0.2) is 32.3 Å². The third kappa shape index (κ3) is 3.44. The van der Waals surface area contributed by atoms with E-state index in [4.69, 9.17) is 4.98 Å². The Kier molecular flexibility index (Phi) is 4.64. The van der Waals surface area contributed by atoms with E-state index in [1.807, 2.05) is 54.3 Å². The Morgan fingerprint density at radius 2 is 1.93 bits per heavy atom. The fraction of sp³-hybridized carbons (Fsp3) is 0.261. The molecule has 4 aromatic rings. The van der Waals surface area contributed by atoms with Gasteiger partial charge in [0.15, 0.2) is 0 Å². The Morgan fingerprint density at radius 1 is 1.14 bits per heavy atom. The summed E-state index contributed by atoms with van der Waals surface area (Å²) in [6.07, 6.45) is 2.26. The molecule has 0 spiro atoms. The lowest BCUT2D eigenvalue weighted by Crippen LogP contribution is -2.32. The summed E-state index contributed by atoms with van der Waals surface area (Å²) in [6.45, 7) is 2.77. The van der Waals surface area contributed by atoms with Crippen molar-refractivity contribution in [3.05, 3.63) is 71.1 Å². The van der Waals surface area contributed by atoms with Crippen LogP contribution in [0.2, 0.25) is 0 Å². The van der Waals surface area contributed by atoms with Crippen molar-refractivity contribution < 1.29 is 4.79 Å². The Balaban J connectivity index is 1.41. The first-order valence-electron chi connectivity index (χ1n) is 9.95. The molecule has 2 aromatic heterocycles. The minimum Gasteiger partial charge on any atom is -0.340 e. The quantitative estimate of drug-likeness (QED) is 0.528. The number of fused-ring (bicyclic) bond motifs is 1. The molecule has 1 amide bonds. The van der Waals surface area contributed by atoms with Crippen molar-refractivity contribution in [3.8, 4) is 10.4 Å². The molecule has 5 nitrogen and oxygen atoms in total. The zero-order valence-electron chi connectivity index (χ0n) is 16.3. The summed E-state index contributed by atoms with van der Waals surface area (Å²) in [5.74, 6) is 1.00. The smallest absolute Gasteiger partial charge is 0.229 e. The van der Waals surface area contributed by atoms with Gasteiger partial charge in [0.1, 0.15) is 5.82 Å². The van der Waals surface area contributed by atoms with Crippen LogP contribution in [0.3, 0.4) is 0 Å². The maximum atomic E-state index is 13.3. The van der Waals surface area contributed by atoms with E-state index in [-0.39, 0.29) is 11.9 Å². The molecule has 1 N–H and O–H groups in total. The molecule has 6 heteroatoms. The van der Waals surface area contributed by atoms with Crippen LogP contribution in [0.4, 0.5) is 0 Å². The number of para-hydroxylation sites is 2. The fourth-order valence-electron chi connectivity index (χ4n) is 4.13. The number of carbonyl (C=O) groups excluding carboxylic acids is 1. The molecule has 0 aliphatic carbocycles. The number of nitrogens with zero attached hydrogens (tertiary/aromatic N) is 3. The summed E-state index contributed by atoms with van der Waals surface area (Å²) in [5, 5.41) is 0.988. The summed E-state index contributed by atoms with van der Waals surface area (Å²) in [7, 11) is 0. The second-order valence-electron chi connectivity index (χ2n) is 7.44. The van der Waals surface area contributed by atoms with Crippen molar-refractivity contribution in [3.63, 3.8) is 0 Å². The summed E-state index contributed by atoms with van der Waals surface area (Å²) in [6, 6.07) is 18.2. The fourth-order valence-corrected chi connectivity index (χ4v) is 5.07. The lowest BCUT2D eigenvalue weighted by atomic mass is 10.1. The molecule has 2 aromatic carbocycles. The number of thiazole rings is 1. The van der Waals surface area contributed by atoms with Crippen LogP contribution < -0.4 is 0 Å². The predicted octanol–water partition coefficient (Wildman–Crippen LogP) is 4.90. The highest BCUT2D eigenvalue weighted by atomic mass is 32.1. The lowest BCUT2D eigenvalue weighted by Gasteiger charge is -2.23. The Labute approximate surface area is 173 Å². The first-order chi connectivity index (χ1) is 14.2. The van der Waals surface area contributed by atoms with Gasteiger partial charge in [-0.1, -0.05) is 42.5 Å². The SMILES string of the molecule is Cc1nc(CC(=O)N2CCCC2c2nc3ccccc3[nH]2)c(-c2ccccc2)s1. The Morgan fingerprint density at radius 3 is 2.76 bits per heavy atom. The Bertz CT molecular complexity index is 1130. The molecule has 1 aliphatic rings. The highest BCUT2D eigenvalue weighted by Gasteiger charge is 2.32. The number of aromatic nitrogens is 3. The zero-order valence-corrected chi connectivity index (χ0v) is 17.1. The second kappa shape index (κ2) is 7.44. The van der Waals surface area contributed by atoms with Crippen LogP contribution in [0.25, 0.3) is 21.5 Å². The third-order valence-electron chi connectivity index (χ3n) is 5.46. The van der Waals surface area contributed by atoms with Gasteiger partial charge in [-0.05, 0) is 37.5 Å². The van der Waals surface area contributed by atoms with Crippen molar-refractivity contribution in [1.82, 2.24) is 19.9 Å². The number of H-pyrrole nitrogens is 1. The van der Waals surface area contributed by atoms with E-state index in [0.29, 0.717) is 6.42 Å². The van der Waals surface area contributed by atoms with Crippen LogP contribution in [-0.2, 0) is 11.2 Å². The largest absolute Gasteiger partial charge is 0.340 e. The van der Waals surface area contributed by atoms with Crippen LogP contribution in [0, 0.1) is 6.92 Å². The molecule has 1 saturated heterocycles. The first-order valence-corrected chi connectivity index (χ1v) is 10.8. The second-order valence-corrected chi connectivity index (χ2v) is 8.64. The van der Waals surface area contributed by atoms with E-state index in [0.717, 1.165) is 57.4 Å².